The Morgan fingerprint density at radius 3 is 2.53 bits per heavy atom. The molecule has 0 radical (unpaired) electrons. The van der Waals surface area contributed by atoms with Crippen molar-refractivity contribution in [2.45, 2.75) is 13.3 Å². The minimum absolute atomic E-state index is 0.747. The van der Waals surface area contributed by atoms with E-state index in [1.807, 2.05) is 0 Å². The molecule has 2 rings (SSSR count). The fraction of sp³-hybridized carbons (Fsp3) is 0.333. The van der Waals surface area contributed by atoms with Crippen molar-refractivity contribution in [2.24, 2.45) is 5.73 Å². The Bertz CT molecular complexity index is 505. The molecule has 0 atom stereocenters. The zero-order valence-electron chi connectivity index (χ0n) is 10.6. The van der Waals surface area contributed by atoms with Gasteiger partial charge in [0.15, 0.2) is 0 Å². The van der Waals surface area contributed by atoms with Crippen LogP contribution in [0.2, 0.25) is 0 Å². The second-order valence-corrected chi connectivity index (χ2v) is 4.60. The van der Waals surface area contributed by atoms with Crippen molar-refractivity contribution in [1.29, 1.82) is 0 Å². The van der Waals surface area contributed by atoms with Gasteiger partial charge in [-0.3, -0.25) is 0 Å². The van der Waals surface area contributed by atoms with Crippen molar-refractivity contribution >= 4 is 16.5 Å². The van der Waals surface area contributed by atoms with Crippen molar-refractivity contribution in [3.05, 3.63) is 42.0 Å². The van der Waals surface area contributed by atoms with Crippen molar-refractivity contribution < 1.29 is 0 Å². The van der Waals surface area contributed by atoms with Gasteiger partial charge in [0.1, 0.15) is 0 Å². The van der Waals surface area contributed by atoms with Crippen LogP contribution in [0, 0.1) is 6.92 Å². The average molecular weight is 228 g/mol. The first kappa shape index (κ1) is 11.9. The van der Waals surface area contributed by atoms with E-state index in [2.05, 4.69) is 55.3 Å². The lowest BCUT2D eigenvalue weighted by atomic mass is 10.1. The molecule has 0 spiro atoms. The van der Waals surface area contributed by atoms with Gasteiger partial charge >= 0.3 is 0 Å². The third-order valence-electron chi connectivity index (χ3n) is 3.12. The van der Waals surface area contributed by atoms with Crippen LogP contribution in [-0.2, 0) is 0 Å². The van der Waals surface area contributed by atoms with E-state index in [-0.39, 0.29) is 0 Å². The molecule has 90 valence electrons. The first-order valence-electron chi connectivity index (χ1n) is 6.12. The summed E-state index contributed by atoms with van der Waals surface area (Å²) < 4.78 is 0. The maximum Gasteiger partial charge on any atom is 0.0370 e. The van der Waals surface area contributed by atoms with Gasteiger partial charge in [-0.05, 0) is 42.8 Å². The Labute approximate surface area is 103 Å². The number of rotatable bonds is 4. The van der Waals surface area contributed by atoms with E-state index in [9.17, 15) is 0 Å². The molecule has 2 aromatic rings. The lowest BCUT2D eigenvalue weighted by molar-refractivity contribution is 0.796. The van der Waals surface area contributed by atoms with E-state index in [4.69, 9.17) is 5.73 Å². The van der Waals surface area contributed by atoms with Crippen LogP contribution >= 0.6 is 0 Å². The second-order valence-electron chi connectivity index (χ2n) is 4.60. The van der Waals surface area contributed by atoms with E-state index in [0.717, 1.165) is 19.5 Å². The highest BCUT2D eigenvalue weighted by Gasteiger charge is 2.01. The normalized spacial score (nSPS) is 10.8. The Balaban J connectivity index is 2.28. The molecule has 0 aromatic heterocycles. The molecule has 0 saturated heterocycles. The molecule has 2 aromatic carbocycles. The molecular formula is C15H20N2. The molecule has 0 aliphatic carbocycles. The summed E-state index contributed by atoms with van der Waals surface area (Å²) >= 11 is 0. The predicted octanol–water partition coefficient (Wildman–Crippen LogP) is 2.93. The van der Waals surface area contributed by atoms with Crippen molar-refractivity contribution in [3.8, 4) is 0 Å². The molecular weight excluding hydrogens is 208 g/mol. The van der Waals surface area contributed by atoms with Crippen molar-refractivity contribution in [2.75, 3.05) is 25.0 Å². The number of hydrogen-bond acceptors (Lipinski definition) is 2. The molecule has 0 saturated carbocycles. The average Bonchev–Trinajstić information content (AvgIpc) is 2.35. The zero-order chi connectivity index (χ0) is 12.3. The number of benzene rings is 2. The summed E-state index contributed by atoms with van der Waals surface area (Å²) in [6.07, 6.45) is 1.03. The predicted molar refractivity (Wildman–Crippen MR) is 75.6 cm³/mol. The minimum atomic E-state index is 0.747. The van der Waals surface area contributed by atoms with E-state index >= 15 is 0 Å². The summed E-state index contributed by atoms with van der Waals surface area (Å²) in [5.41, 5.74) is 8.10. The van der Waals surface area contributed by atoms with Gasteiger partial charge in [-0.2, -0.15) is 0 Å². The third kappa shape index (κ3) is 2.77. The number of nitrogens with two attached hydrogens (primary N) is 1. The largest absolute Gasteiger partial charge is 0.375 e. The molecule has 17 heavy (non-hydrogen) atoms. The summed E-state index contributed by atoms with van der Waals surface area (Å²) in [6.45, 7) is 3.88. The van der Waals surface area contributed by atoms with Crippen LogP contribution in [-0.4, -0.2) is 20.1 Å². The Kier molecular flexibility index (Phi) is 3.64. The fourth-order valence-corrected chi connectivity index (χ4v) is 2.05. The Morgan fingerprint density at radius 2 is 1.76 bits per heavy atom. The van der Waals surface area contributed by atoms with Gasteiger partial charge in [0.25, 0.3) is 0 Å². The van der Waals surface area contributed by atoms with Crippen LogP contribution in [0.25, 0.3) is 10.8 Å². The SMILES string of the molecule is Cc1ccc2cc(N(C)CCCN)ccc2c1. The Morgan fingerprint density at radius 1 is 1.06 bits per heavy atom. The molecule has 2 nitrogen and oxygen atoms in total. The van der Waals surface area contributed by atoms with Gasteiger partial charge < -0.3 is 10.6 Å². The second kappa shape index (κ2) is 5.19. The molecule has 0 amide bonds. The monoisotopic (exact) mass is 228 g/mol. The number of hydrogen-bond donors (Lipinski definition) is 1. The van der Waals surface area contributed by atoms with Gasteiger partial charge in [0, 0.05) is 19.3 Å². The summed E-state index contributed by atoms with van der Waals surface area (Å²) in [5, 5.41) is 2.61. The van der Waals surface area contributed by atoms with Crippen LogP contribution in [0.4, 0.5) is 5.69 Å². The standard InChI is InChI=1S/C15H20N2/c1-12-4-5-14-11-15(7-6-13(14)10-12)17(2)9-3-8-16/h4-7,10-11H,3,8-9,16H2,1-2H3. The van der Waals surface area contributed by atoms with E-state index in [1.165, 1.54) is 22.0 Å². The summed E-state index contributed by atoms with van der Waals surface area (Å²) in [6, 6.07) is 13.2. The fourth-order valence-electron chi connectivity index (χ4n) is 2.05. The number of anilines is 1. The molecule has 0 heterocycles. The summed E-state index contributed by atoms with van der Waals surface area (Å²) in [4.78, 5) is 2.26. The summed E-state index contributed by atoms with van der Waals surface area (Å²) in [7, 11) is 2.12. The van der Waals surface area contributed by atoms with Gasteiger partial charge in [-0.15, -0.1) is 0 Å². The quantitative estimate of drug-likeness (QED) is 0.871. The molecule has 0 unspecified atom stereocenters. The van der Waals surface area contributed by atoms with E-state index in [0.29, 0.717) is 0 Å². The van der Waals surface area contributed by atoms with Crippen molar-refractivity contribution in [3.63, 3.8) is 0 Å². The molecule has 0 aliphatic heterocycles. The van der Waals surface area contributed by atoms with Crippen LogP contribution in [0.3, 0.4) is 0 Å². The maximum atomic E-state index is 5.54. The lowest BCUT2D eigenvalue weighted by Gasteiger charge is -2.19. The first-order valence-corrected chi connectivity index (χ1v) is 6.12. The van der Waals surface area contributed by atoms with Gasteiger partial charge in [-0.25, -0.2) is 0 Å². The third-order valence-corrected chi connectivity index (χ3v) is 3.12. The number of nitrogens with zero attached hydrogens (tertiary/aromatic N) is 1. The first-order chi connectivity index (χ1) is 8.20. The van der Waals surface area contributed by atoms with Crippen LogP contribution in [0.1, 0.15) is 12.0 Å². The van der Waals surface area contributed by atoms with Gasteiger partial charge in [0.2, 0.25) is 0 Å². The molecule has 0 fully saturated rings. The molecule has 2 N–H and O–H groups in total. The van der Waals surface area contributed by atoms with Crippen molar-refractivity contribution in [1.82, 2.24) is 0 Å². The number of aryl methyl sites for hydroxylation is 1. The zero-order valence-corrected chi connectivity index (χ0v) is 10.6. The summed E-state index contributed by atoms with van der Waals surface area (Å²) in [5.74, 6) is 0. The molecule has 0 bridgehead atoms. The Hall–Kier alpha value is -1.54. The topological polar surface area (TPSA) is 29.3 Å². The minimum Gasteiger partial charge on any atom is -0.375 e. The van der Waals surface area contributed by atoms with Crippen LogP contribution < -0.4 is 10.6 Å². The maximum absolute atomic E-state index is 5.54. The molecule has 0 aliphatic rings. The highest BCUT2D eigenvalue weighted by molar-refractivity contribution is 5.86. The van der Waals surface area contributed by atoms with E-state index < -0.39 is 0 Å². The van der Waals surface area contributed by atoms with Crippen LogP contribution in [0.15, 0.2) is 36.4 Å². The van der Waals surface area contributed by atoms with Crippen LogP contribution in [0.5, 0.6) is 0 Å². The van der Waals surface area contributed by atoms with E-state index in [1.54, 1.807) is 0 Å². The highest BCUT2D eigenvalue weighted by atomic mass is 15.1. The smallest absolute Gasteiger partial charge is 0.0370 e. The van der Waals surface area contributed by atoms with Gasteiger partial charge in [0.05, 0.1) is 0 Å². The van der Waals surface area contributed by atoms with Gasteiger partial charge in [-0.1, -0.05) is 29.8 Å². The number of fused-ring (bicyclic) bond motifs is 1. The lowest BCUT2D eigenvalue weighted by Crippen LogP contribution is -2.20. The molecule has 2 heteroatoms. The highest BCUT2D eigenvalue weighted by Crippen LogP contribution is 2.22.